The molecular weight excluding hydrogens is 390 g/mol. The molecule has 0 radical (unpaired) electrons. The molecule has 1 aliphatic carbocycles. The van der Waals surface area contributed by atoms with Crippen molar-refractivity contribution in [2.75, 3.05) is 26.7 Å². The highest BCUT2D eigenvalue weighted by Crippen LogP contribution is 2.25. The Labute approximate surface area is 183 Å². The van der Waals surface area contributed by atoms with Gasteiger partial charge in [-0.2, -0.15) is 0 Å². The van der Waals surface area contributed by atoms with E-state index in [0.29, 0.717) is 42.2 Å². The normalized spacial score (nSPS) is 16.3. The predicted molar refractivity (Wildman–Crippen MR) is 119 cm³/mol. The summed E-state index contributed by atoms with van der Waals surface area (Å²) in [4.78, 5) is 41.7. The van der Waals surface area contributed by atoms with Crippen LogP contribution in [0.3, 0.4) is 0 Å². The summed E-state index contributed by atoms with van der Waals surface area (Å²) >= 11 is 0. The molecule has 1 aliphatic heterocycles. The molecule has 2 aliphatic rings. The third-order valence-electron chi connectivity index (χ3n) is 6.40. The maximum Gasteiger partial charge on any atom is 0.261 e. The molecule has 4 rings (SSSR count). The summed E-state index contributed by atoms with van der Waals surface area (Å²) in [5, 5.41) is 2.94. The van der Waals surface area contributed by atoms with Crippen molar-refractivity contribution >= 4 is 17.7 Å². The number of carbonyl (C=O) groups excluding carboxylic acids is 3. The molecule has 0 atom stereocenters. The highest BCUT2D eigenvalue weighted by atomic mass is 16.2. The Morgan fingerprint density at radius 2 is 1.74 bits per heavy atom. The fourth-order valence-corrected chi connectivity index (χ4v) is 4.50. The first kappa shape index (κ1) is 21.2. The van der Waals surface area contributed by atoms with Crippen molar-refractivity contribution in [2.45, 2.75) is 38.1 Å². The number of hydrogen-bond acceptors (Lipinski definition) is 4. The highest BCUT2D eigenvalue weighted by Gasteiger charge is 2.35. The molecule has 3 amide bonds. The molecule has 0 aromatic heterocycles. The van der Waals surface area contributed by atoms with Crippen molar-refractivity contribution in [3.63, 3.8) is 0 Å². The zero-order valence-corrected chi connectivity index (χ0v) is 18.0. The summed E-state index contributed by atoms with van der Waals surface area (Å²) < 4.78 is 0. The Kier molecular flexibility index (Phi) is 6.47. The van der Waals surface area contributed by atoms with E-state index < -0.39 is 0 Å². The molecule has 1 fully saturated rings. The van der Waals surface area contributed by atoms with Gasteiger partial charge in [-0.05, 0) is 50.1 Å². The fourth-order valence-electron chi connectivity index (χ4n) is 4.50. The second-order valence-electron chi connectivity index (χ2n) is 8.43. The van der Waals surface area contributed by atoms with E-state index in [-0.39, 0.29) is 17.7 Å². The van der Waals surface area contributed by atoms with Gasteiger partial charge in [0.25, 0.3) is 17.7 Å². The van der Waals surface area contributed by atoms with Gasteiger partial charge < -0.3 is 10.2 Å². The van der Waals surface area contributed by atoms with E-state index in [4.69, 9.17) is 0 Å². The van der Waals surface area contributed by atoms with Gasteiger partial charge in [-0.1, -0.05) is 43.2 Å². The summed E-state index contributed by atoms with van der Waals surface area (Å²) in [5.74, 6) is -0.835. The first-order valence-corrected chi connectivity index (χ1v) is 11.1. The second-order valence-corrected chi connectivity index (χ2v) is 8.43. The Morgan fingerprint density at radius 3 is 2.48 bits per heavy atom. The van der Waals surface area contributed by atoms with Crippen LogP contribution in [0, 0.1) is 0 Å². The van der Waals surface area contributed by atoms with Gasteiger partial charge in [0.15, 0.2) is 0 Å². The van der Waals surface area contributed by atoms with Crippen molar-refractivity contribution in [1.29, 1.82) is 0 Å². The second kappa shape index (κ2) is 9.43. The van der Waals surface area contributed by atoms with Crippen LogP contribution in [0.4, 0.5) is 0 Å². The molecule has 1 N–H and O–H groups in total. The minimum atomic E-state index is -0.327. The SMILES string of the molecule is CN(CCNC(=O)c1ccc2c(c1)C(=O)N(CCc1ccccc1)C2=O)C1CCCC1. The molecule has 0 unspecified atom stereocenters. The number of benzene rings is 2. The van der Waals surface area contributed by atoms with E-state index in [1.54, 1.807) is 18.2 Å². The topological polar surface area (TPSA) is 69.7 Å². The van der Waals surface area contributed by atoms with Gasteiger partial charge in [-0.15, -0.1) is 0 Å². The predicted octanol–water partition coefficient (Wildman–Crippen LogP) is 3.13. The van der Waals surface area contributed by atoms with E-state index in [9.17, 15) is 14.4 Å². The maximum atomic E-state index is 12.8. The van der Waals surface area contributed by atoms with E-state index in [1.165, 1.54) is 30.6 Å². The molecule has 2 aromatic carbocycles. The third kappa shape index (κ3) is 4.69. The van der Waals surface area contributed by atoms with Crippen LogP contribution in [-0.2, 0) is 6.42 Å². The van der Waals surface area contributed by atoms with Crippen LogP contribution in [0.25, 0.3) is 0 Å². The molecule has 1 heterocycles. The molecule has 162 valence electrons. The molecule has 0 spiro atoms. The average molecular weight is 420 g/mol. The largest absolute Gasteiger partial charge is 0.351 e. The minimum absolute atomic E-state index is 0.217. The van der Waals surface area contributed by atoms with Gasteiger partial charge >= 0.3 is 0 Å². The van der Waals surface area contributed by atoms with Crippen LogP contribution >= 0.6 is 0 Å². The molecular formula is C25H29N3O3. The quantitative estimate of drug-likeness (QED) is 0.668. The average Bonchev–Trinajstić information content (AvgIpc) is 3.41. The lowest BCUT2D eigenvalue weighted by Crippen LogP contribution is -2.37. The Hall–Kier alpha value is -2.99. The van der Waals surface area contributed by atoms with Crippen LogP contribution in [-0.4, -0.2) is 60.2 Å². The molecule has 6 nitrogen and oxygen atoms in total. The van der Waals surface area contributed by atoms with E-state index in [1.807, 2.05) is 30.3 Å². The van der Waals surface area contributed by atoms with Crippen molar-refractivity contribution in [1.82, 2.24) is 15.1 Å². The van der Waals surface area contributed by atoms with Crippen LogP contribution in [0.5, 0.6) is 0 Å². The zero-order chi connectivity index (χ0) is 21.8. The van der Waals surface area contributed by atoms with Crippen LogP contribution in [0.15, 0.2) is 48.5 Å². The molecule has 6 heteroatoms. The third-order valence-corrected chi connectivity index (χ3v) is 6.40. The summed E-state index contributed by atoms with van der Waals surface area (Å²) in [6, 6.07) is 15.2. The van der Waals surface area contributed by atoms with Crippen molar-refractivity contribution in [3.05, 3.63) is 70.8 Å². The lowest BCUT2D eigenvalue weighted by molar-refractivity contribution is 0.0656. The summed E-state index contributed by atoms with van der Waals surface area (Å²) in [5.41, 5.74) is 2.17. The molecule has 31 heavy (non-hydrogen) atoms. The number of imide groups is 1. The van der Waals surface area contributed by atoms with Gasteiger partial charge in [0, 0.05) is 31.2 Å². The first-order valence-electron chi connectivity index (χ1n) is 11.1. The van der Waals surface area contributed by atoms with Crippen LogP contribution < -0.4 is 5.32 Å². The number of carbonyl (C=O) groups is 3. The van der Waals surface area contributed by atoms with Gasteiger partial charge in [0.05, 0.1) is 11.1 Å². The first-order chi connectivity index (χ1) is 15.0. The van der Waals surface area contributed by atoms with Crippen LogP contribution in [0.1, 0.15) is 62.3 Å². The minimum Gasteiger partial charge on any atom is -0.351 e. The number of amides is 3. The summed E-state index contributed by atoms with van der Waals surface area (Å²) in [7, 11) is 2.10. The molecule has 1 saturated carbocycles. The highest BCUT2D eigenvalue weighted by molar-refractivity contribution is 6.22. The smallest absolute Gasteiger partial charge is 0.261 e. The Balaban J connectivity index is 1.35. The Bertz CT molecular complexity index is 967. The van der Waals surface area contributed by atoms with Gasteiger partial charge in [0.1, 0.15) is 0 Å². The van der Waals surface area contributed by atoms with Gasteiger partial charge in [0.2, 0.25) is 0 Å². The standard InChI is InChI=1S/C25H29N3O3/c1-27(20-9-5-6-10-20)16-14-26-23(29)19-11-12-21-22(17-19)25(31)28(24(21)30)15-13-18-7-3-2-4-8-18/h2-4,7-8,11-12,17,20H,5-6,9-10,13-16H2,1H3,(H,26,29). The van der Waals surface area contributed by atoms with Crippen molar-refractivity contribution < 1.29 is 14.4 Å². The van der Waals surface area contributed by atoms with E-state index in [2.05, 4.69) is 17.3 Å². The summed E-state index contributed by atoms with van der Waals surface area (Å²) in [6.07, 6.45) is 5.63. The van der Waals surface area contributed by atoms with Gasteiger partial charge in [-0.25, -0.2) is 0 Å². The van der Waals surface area contributed by atoms with Gasteiger partial charge in [-0.3, -0.25) is 19.3 Å². The fraction of sp³-hybridized carbons (Fsp3) is 0.400. The van der Waals surface area contributed by atoms with Crippen molar-refractivity contribution in [2.24, 2.45) is 0 Å². The number of nitrogens with zero attached hydrogens (tertiary/aromatic N) is 2. The number of nitrogens with one attached hydrogen (secondary N) is 1. The number of hydrogen-bond donors (Lipinski definition) is 1. The number of likely N-dealkylation sites (N-methyl/N-ethyl adjacent to an activating group) is 1. The van der Waals surface area contributed by atoms with Crippen LogP contribution in [0.2, 0.25) is 0 Å². The zero-order valence-electron chi connectivity index (χ0n) is 18.0. The van der Waals surface area contributed by atoms with E-state index >= 15 is 0 Å². The lowest BCUT2D eigenvalue weighted by atomic mass is 10.1. The molecule has 0 bridgehead atoms. The monoisotopic (exact) mass is 419 g/mol. The number of rotatable bonds is 8. The maximum absolute atomic E-state index is 12.8. The lowest BCUT2D eigenvalue weighted by Gasteiger charge is -2.23. The van der Waals surface area contributed by atoms with E-state index in [0.717, 1.165) is 12.1 Å². The molecule has 2 aromatic rings. The molecule has 0 saturated heterocycles. The van der Waals surface area contributed by atoms with Crippen molar-refractivity contribution in [3.8, 4) is 0 Å². The Morgan fingerprint density at radius 1 is 1.03 bits per heavy atom. The number of fused-ring (bicyclic) bond motifs is 1. The summed E-state index contributed by atoms with van der Waals surface area (Å²) in [6.45, 7) is 1.68.